The van der Waals surface area contributed by atoms with E-state index in [1.807, 2.05) is 36.4 Å². The summed E-state index contributed by atoms with van der Waals surface area (Å²) in [6.45, 7) is 0.337. The van der Waals surface area contributed by atoms with Gasteiger partial charge in [-0.2, -0.15) is 0 Å². The van der Waals surface area contributed by atoms with E-state index >= 15 is 0 Å². The van der Waals surface area contributed by atoms with Crippen molar-refractivity contribution in [2.75, 3.05) is 17.6 Å². The van der Waals surface area contributed by atoms with E-state index in [-0.39, 0.29) is 24.1 Å². The van der Waals surface area contributed by atoms with Crippen molar-refractivity contribution in [2.45, 2.75) is 17.2 Å². The first-order valence-corrected chi connectivity index (χ1v) is 14.0. The molecular weight excluding hydrogens is 536 g/mol. The van der Waals surface area contributed by atoms with Crippen molar-refractivity contribution >= 4 is 80.5 Å². The van der Waals surface area contributed by atoms with Crippen molar-refractivity contribution in [3.05, 3.63) is 82.5 Å². The summed E-state index contributed by atoms with van der Waals surface area (Å²) in [5.41, 5.74) is 1.86. The monoisotopic (exact) mass is 556 g/mol. The fraction of sp³-hybridized carbons (Fsp3) is 0.160. The highest BCUT2D eigenvalue weighted by Crippen LogP contribution is 2.33. The number of amides is 2. The van der Waals surface area contributed by atoms with E-state index in [4.69, 9.17) is 12.2 Å². The molecule has 1 aliphatic heterocycles. The van der Waals surface area contributed by atoms with Gasteiger partial charge in [0.2, 0.25) is 11.0 Å². The van der Waals surface area contributed by atoms with Crippen LogP contribution in [0, 0.1) is 5.82 Å². The van der Waals surface area contributed by atoms with E-state index in [9.17, 15) is 14.0 Å². The molecule has 0 spiro atoms. The van der Waals surface area contributed by atoms with Gasteiger partial charge in [-0.25, -0.2) is 4.39 Å². The lowest BCUT2D eigenvalue weighted by atomic mass is 10.2. The first kappa shape index (κ1) is 26.2. The van der Waals surface area contributed by atoms with Gasteiger partial charge in [0.05, 0.1) is 4.91 Å². The third kappa shape index (κ3) is 7.57. The number of thioether (sulfide) groups is 2. The van der Waals surface area contributed by atoms with Gasteiger partial charge >= 0.3 is 0 Å². The van der Waals surface area contributed by atoms with Crippen LogP contribution in [0.15, 0.2) is 69.9 Å². The van der Waals surface area contributed by atoms with Gasteiger partial charge in [-0.1, -0.05) is 102 Å². The molecule has 4 rings (SSSR count). The Morgan fingerprint density at radius 1 is 1.11 bits per heavy atom. The largest absolute Gasteiger partial charge is 0.301 e. The van der Waals surface area contributed by atoms with Crippen LogP contribution in [0.2, 0.25) is 0 Å². The first-order chi connectivity index (χ1) is 17.5. The number of aromatic nitrogens is 2. The Balaban J connectivity index is 1.19. The van der Waals surface area contributed by atoms with Crippen molar-refractivity contribution < 1.29 is 14.0 Å². The van der Waals surface area contributed by atoms with Crippen LogP contribution in [0.1, 0.15) is 24.0 Å². The Kier molecular flexibility index (Phi) is 9.40. The van der Waals surface area contributed by atoms with E-state index in [1.54, 1.807) is 30.0 Å². The van der Waals surface area contributed by atoms with E-state index in [0.717, 1.165) is 21.2 Å². The summed E-state index contributed by atoms with van der Waals surface area (Å²) in [7, 11) is 0. The third-order valence-corrected chi connectivity index (χ3v) is 8.20. The Bertz CT molecular complexity index is 1290. The third-order valence-electron chi connectivity index (χ3n) is 4.89. The predicted octanol–water partition coefficient (Wildman–Crippen LogP) is 6.10. The average molecular weight is 557 g/mol. The normalized spacial score (nSPS) is 14.8. The number of hydrogen-bond acceptors (Lipinski definition) is 8. The number of hydrogen-bond donors (Lipinski definition) is 1. The number of benzene rings is 2. The first-order valence-electron chi connectivity index (χ1n) is 11.0. The smallest absolute Gasteiger partial charge is 0.266 e. The minimum absolute atomic E-state index is 0.195. The number of carbonyl (C=O) groups is 2. The molecule has 1 aromatic heterocycles. The maximum Gasteiger partial charge on any atom is 0.266 e. The molecule has 1 N–H and O–H groups in total. The Morgan fingerprint density at radius 2 is 1.89 bits per heavy atom. The molecule has 36 heavy (non-hydrogen) atoms. The van der Waals surface area contributed by atoms with Crippen LogP contribution >= 0.6 is 47.1 Å². The van der Waals surface area contributed by atoms with Gasteiger partial charge in [0, 0.05) is 18.7 Å². The second-order valence-electron chi connectivity index (χ2n) is 7.53. The molecule has 6 nitrogen and oxygen atoms in total. The molecule has 11 heteroatoms. The summed E-state index contributed by atoms with van der Waals surface area (Å²) in [6, 6.07) is 15.9. The van der Waals surface area contributed by atoms with E-state index in [2.05, 4.69) is 21.6 Å². The molecule has 1 fully saturated rings. The summed E-state index contributed by atoms with van der Waals surface area (Å²) in [5, 5.41) is 11.3. The highest BCUT2D eigenvalue weighted by molar-refractivity contribution is 8.26. The zero-order valence-corrected chi connectivity index (χ0v) is 22.2. The number of rotatable bonds is 10. The van der Waals surface area contributed by atoms with Gasteiger partial charge in [-0.15, -0.1) is 10.2 Å². The maximum atomic E-state index is 13.1. The molecule has 0 unspecified atom stereocenters. The van der Waals surface area contributed by atoms with Crippen LogP contribution in [0.5, 0.6) is 0 Å². The number of thiocarbonyl (C=S) groups is 1. The second-order valence-corrected chi connectivity index (χ2v) is 11.5. The molecule has 1 aliphatic rings. The van der Waals surface area contributed by atoms with E-state index < -0.39 is 0 Å². The summed E-state index contributed by atoms with van der Waals surface area (Å²) >= 11 is 9.41. The van der Waals surface area contributed by atoms with E-state index in [1.165, 1.54) is 40.1 Å². The Morgan fingerprint density at radius 3 is 2.67 bits per heavy atom. The van der Waals surface area contributed by atoms with Gasteiger partial charge in [0.15, 0.2) is 4.34 Å². The fourth-order valence-corrected chi connectivity index (χ4v) is 6.08. The van der Waals surface area contributed by atoms with Crippen molar-refractivity contribution in [3.8, 4) is 0 Å². The van der Waals surface area contributed by atoms with Crippen LogP contribution in [-0.4, -0.2) is 43.5 Å². The summed E-state index contributed by atoms with van der Waals surface area (Å²) in [6.07, 6.45) is 6.46. The highest BCUT2D eigenvalue weighted by atomic mass is 32.2. The average Bonchev–Trinajstić information content (AvgIpc) is 3.42. The maximum absolute atomic E-state index is 13.1. The standard InChI is InChI=1S/C25H21FN4O2S4/c26-19-12-10-18(11-13-19)16-20-22(32)30(25(33)35-20)14-4-9-21(31)27-23-28-29-24(36-23)34-15-5-8-17-6-2-1-3-7-17/h1-3,5-8,10-13,16H,4,9,14-15H2,(H,27,28,31)/b8-5+,20-16+. The molecule has 3 aromatic rings. The van der Waals surface area contributed by atoms with Crippen molar-refractivity contribution in [1.29, 1.82) is 0 Å². The van der Waals surface area contributed by atoms with Gasteiger partial charge in [0.1, 0.15) is 10.1 Å². The molecule has 2 amide bonds. The number of nitrogens with zero attached hydrogens (tertiary/aromatic N) is 3. The van der Waals surface area contributed by atoms with Gasteiger partial charge in [-0.05, 0) is 35.8 Å². The molecule has 0 saturated carbocycles. The molecule has 2 heterocycles. The van der Waals surface area contributed by atoms with Gasteiger partial charge in [-0.3, -0.25) is 14.5 Å². The van der Waals surface area contributed by atoms with Crippen LogP contribution < -0.4 is 5.32 Å². The van der Waals surface area contributed by atoms with Crippen LogP contribution in [0.4, 0.5) is 9.52 Å². The number of nitrogens with one attached hydrogen (secondary N) is 1. The summed E-state index contributed by atoms with van der Waals surface area (Å²) in [5.74, 6) is 0.00917. The predicted molar refractivity (Wildman–Crippen MR) is 150 cm³/mol. The lowest BCUT2D eigenvalue weighted by molar-refractivity contribution is -0.122. The van der Waals surface area contributed by atoms with Crippen molar-refractivity contribution in [2.24, 2.45) is 0 Å². The molecule has 184 valence electrons. The van der Waals surface area contributed by atoms with Crippen LogP contribution in [0.25, 0.3) is 12.2 Å². The molecule has 0 aliphatic carbocycles. The summed E-state index contributed by atoms with van der Waals surface area (Å²) < 4.78 is 14.3. The van der Waals surface area contributed by atoms with Gasteiger partial charge in [0.25, 0.3) is 5.91 Å². The lowest BCUT2D eigenvalue weighted by Crippen LogP contribution is -2.29. The van der Waals surface area contributed by atoms with Gasteiger partial charge < -0.3 is 5.32 Å². The zero-order valence-electron chi connectivity index (χ0n) is 18.9. The molecule has 0 radical (unpaired) electrons. The minimum atomic E-state index is -0.336. The molecule has 1 saturated heterocycles. The van der Waals surface area contributed by atoms with Crippen LogP contribution in [-0.2, 0) is 9.59 Å². The molecule has 2 aromatic carbocycles. The molecule has 0 bridgehead atoms. The SMILES string of the molecule is O=C(CCCN1C(=O)/C(=C\c2ccc(F)cc2)SC1=S)Nc1nnc(SC/C=C/c2ccccc2)s1. The second kappa shape index (κ2) is 12.9. The van der Waals surface area contributed by atoms with Crippen molar-refractivity contribution in [1.82, 2.24) is 15.1 Å². The molecule has 0 atom stereocenters. The highest BCUT2D eigenvalue weighted by Gasteiger charge is 2.31. The van der Waals surface area contributed by atoms with Crippen LogP contribution in [0.3, 0.4) is 0 Å². The quantitative estimate of drug-likeness (QED) is 0.140. The topological polar surface area (TPSA) is 75.2 Å². The summed E-state index contributed by atoms with van der Waals surface area (Å²) in [4.78, 5) is 27.0. The minimum Gasteiger partial charge on any atom is -0.301 e. The fourth-order valence-electron chi connectivity index (χ4n) is 3.17. The molecular formula is C25H21FN4O2S4. The van der Waals surface area contributed by atoms with Crippen molar-refractivity contribution in [3.63, 3.8) is 0 Å². The van der Waals surface area contributed by atoms with E-state index in [0.29, 0.717) is 27.3 Å². The lowest BCUT2D eigenvalue weighted by Gasteiger charge is -2.13. The Labute approximate surface area is 226 Å². The number of anilines is 1. The number of carbonyl (C=O) groups excluding carboxylic acids is 2. The Hall–Kier alpha value is -2.86. The number of halogens is 1. The zero-order chi connectivity index (χ0) is 25.3.